The highest BCUT2D eigenvalue weighted by atomic mass is 16.2. The van der Waals surface area contributed by atoms with Gasteiger partial charge in [0.25, 0.3) is 0 Å². The predicted octanol–water partition coefficient (Wildman–Crippen LogP) is 18.0. The first-order valence-corrected chi connectivity index (χ1v) is 25.9. The van der Waals surface area contributed by atoms with E-state index >= 15 is 0 Å². The SMILES string of the molecule is CCCCCCCC/C=C\CCCCCCCC(=O)N(C(=O)CCCCCCC/C=C\CCCCCCCC)C(=O)CCCCCCC/C=C\CCCCCCCC. The van der Waals surface area contributed by atoms with Gasteiger partial charge in [0.05, 0.1) is 0 Å². The molecule has 0 spiro atoms. The third-order valence-electron chi connectivity index (χ3n) is 11.7. The van der Waals surface area contributed by atoms with Crippen molar-refractivity contribution in [1.29, 1.82) is 0 Å². The summed E-state index contributed by atoms with van der Waals surface area (Å²) >= 11 is 0. The third-order valence-corrected chi connectivity index (χ3v) is 11.7. The lowest BCUT2D eigenvalue weighted by atomic mass is 10.1. The fourth-order valence-electron chi connectivity index (χ4n) is 7.79. The first-order valence-electron chi connectivity index (χ1n) is 25.9. The van der Waals surface area contributed by atoms with Crippen molar-refractivity contribution in [2.45, 2.75) is 290 Å². The number of imide groups is 3. The van der Waals surface area contributed by atoms with Crippen molar-refractivity contribution in [3.05, 3.63) is 36.5 Å². The lowest BCUT2D eigenvalue weighted by molar-refractivity contribution is -0.154. The minimum Gasteiger partial charge on any atom is -0.274 e. The standard InChI is InChI=1S/C54H99NO3/c1-4-7-10-13-16-19-22-25-28-31-34-37-40-43-46-49-52(56)55(53(57)50-47-44-41-38-35-32-29-26-23-20-17-14-11-8-5-2)54(58)51-48-45-42-39-36-33-30-27-24-21-18-15-12-9-6-3/h25-30H,4-24,31-51H2,1-3H3/b28-25-,29-26-,30-27-. The van der Waals surface area contributed by atoms with Crippen LogP contribution in [-0.4, -0.2) is 22.6 Å². The molecule has 3 amide bonds. The fourth-order valence-corrected chi connectivity index (χ4v) is 7.79. The number of carbonyl (C=O) groups is 3. The molecule has 0 unspecified atom stereocenters. The van der Waals surface area contributed by atoms with E-state index in [0.29, 0.717) is 19.3 Å². The Balaban J connectivity index is 4.46. The number of carbonyl (C=O) groups excluding carboxylic acids is 3. The summed E-state index contributed by atoms with van der Waals surface area (Å²) in [6.07, 6.45) is 61.9. The Labute approximate surface area is 362 Å². The summed E-state index contributed by atoms with van der Waals surface area (Å²) in [5.74, 6) is -0.811. The number of hydrogen-bond donors (Lipinski definition) is 0. The van der Waals surface area contributed by atoms with Crippen molar-refractivity contribution < 1.29 is 14.4 Å². The second kappa shape index (κ2) is 47.7. The van der Waals surface area contributed by atoms with Crippen LogP contribution in [0.15, 0.2) is 36.5 Å². The van der Waals surface area contributed by atoms with Gasteiger partial charge in [0, 0.05) is 19.3 Å². The molecule has 4 heteroatoms. The zero-order chi connectivity index (χ0) is 42.3. The Kier molecular flexibility index (Phi) is 46.1. The van der Waals surface area contributed by atoms with Gasteiger partial charge in [-0.1, -0.05) is 211 Å². The highest BCUT2D eigenvalue weighted by Gasteiger charge is 2.27. The van der Waals surface area contributed by atoms with Crippen LogP contribution in [0, 0.1) is 0 Å². The summed E-state index contributed by atoms with van der Waals surface area (Å²) in [5, 5.41) is 0. The van der Waals surface area contributed by atoms with Crippen LogP contribution < -0.4 is 0 Å². The normalized spacial score (nSPS) is 11.8. The molecule has 0 saturated heterocycles. The van der Waals surface area contributed by atoms with Crippen LogP contribution in [0.25, 0.3) is 0 Å². The summed E-state index contributed by atoms with van der Waals surface area (Å²) in [7, 11) is 0. The van der Waals surface area contributed by atoms with Gasteiger partial charge in [-0.15, -0.1) is 0 Å². The van der Waals surface area contributed by atoms with E-state index in [2.05, 4.69) is 57.2 Å². The maximum Gasteiger partial charge on any atom is 0.236 e. The van der Waals surface area contributed by atoms with Gasteiger partial charge >= 0.3 is 0 Å². The minimum absolute atomic E-state index is 0.270. The van der Waals surface area contributed by atoms with Crippen LogP contribution in [-0.2, 0) is 14.4 Å². The second-order valence-corrected chi connectivity index (χ2v) is 17.5. The van der Waals surface area contributed by atoms with E-state index in [-0.39, 0.29) is 17.7 Å². The van der Waals surface area contributed by atoms with Gasteiger partial charge in [-0.3, -0.25) is 14.4 Å². The molecular weight excluding hydrogens is 711 g/mol. The maximum atomic E-state index is 13.3. The van der Waals surface area contributed by atoms with Crippen LogP contribution in [0.2, 0.25) is 0 Å². The zero-order valence-corrected chi connectivity index (χ0v) is 39.3. The molecular formula is C54H99NO3. The number of unbranched alkanes of at least 4 members (excludes halogenated alkanes) is 33. The smallest absolute Gasteiger partial charge is 0.236 e. The van der Waals surface area contributed by atoms with Crippen LogP contribution >= 0.6 is 0 Å². The quantitative estimate of drug-likeness (QED) is 0.0455. The van der Waals surface area contributed by atoms with Gasteiger partial charge in [0.15, 0.2) is 0 Å². The largest absolute Gasteiger partial charge is 0.274 e. The van der Waals surface area contributed by atoms with Crippen LogP contribution in [0.4, 0.5) is 0 Å². The molecule has 0 N–H and O–H groups in total. The summed E-state index contributed by atoms with van der Waals surface area (Å²) in [6.45, 7) is 6.80. The molecule has 0 aliphatic carbocycles. The van der Waals surface area contributed by atoms with E-state index in [4.69, 9.17) is 0 Å². The van der Waals surface area contributed by atoms with E-state index in [0.717, 1.165) is 81.9 Å². The van der Waals surface area contributed by atoms with Gasteiger partial charge in [-0.25, -0.2) is 4.90 Å². The molecule has 0 radical (unpaired) electrons. The number of hydrogen-bond acceptors (Lipinski definition) is 3. The highest BCUT2D eigenvalue weighted by molar-refractivity contribution is 6.10. The lowest BCUT2D eigenvalue weighted by Gasteiger charge is -2.19. The van der Waals surface area contributed by atoms with Crippen LogP contribution in [0.5, 0.6) is 0 Å². The molecule has 0 saturated carbocycles. The summed E-state index contributed by atoms with van der Waals surface area (Å²) in [4.78, 5) is 41.1. The van der Waals surface area contributed by atoms with E-state index < -0.39 is 0 Å². The predicted molar refractivity (Wildman–Crippen MR) is 255 cm³/mol. The van der Waals surface area contributed by atoms with E-state index in [1.165, 1.54) is 173 Å². The second-order valence-electron chi connectivity index (χ2n) is 17.5. The van der Waals surface area contributed by atoms with Gasteiger partial charge in [0.1, 0.15) is 0 Å². The van der Waals surface area contributed by atoms with E-state index in [9.17, 15) is 14.4 Å². The van der Waals surface area contributed by atoms with Crippen molar-refractivity contribution >= 4 is 17.7 Å². The van der Waals surface area contributed by atoms with E-state index in [1.807, 2.05) is 0 Å². The molecule has 0 aliphatic heterocycles. The number of nitrogens with zero attached hydrogens (tertiary/aromatic N) is 1. The lowest BCUT2D eigenvalue weighted by Crippen LogP contribution is -2.41. The monoisotopic (exact) mass is 810 g/mol. The topological polar surface area (TPSA) is 54.5 Å². The van der Waals surface area contributed by atoms with Gasteiger partial charge < -0.3 is 0 Å². The Bertz CT molecular complexity index is 857. The number of allylic oxidation sites excluding steroid dienone is 6. The van der Waals surface area contributed by atoms with Crippen molar-refractivity contribution in [2.24, 2.45) is 0 Å². The van der Waals surface area contributed by atoms with Crippen LogP contribution in [0.3, 0.4) is 0 Å². The Morgan fingerprint density at radius 2 is 0.431 bits per heavy atom. The van der Waals surface area contributed by atoms with Gasteiger partial charge in [0.2, 0.25) is 17.7 Å². The van der Waals surface area contributed by atoms with Crippen molar-refractivity contribution in [3.8, 4) is 0 Å². The van der Waals surface area contributed by atoms with Gasteiger partial charge in [-0.2, -0.15) is 0 Å². The molecule has 0 fully saturated rings. The van der Waals surface area contributed by atoms with Crippen molar-refractivity contribution in [1.82, 2.24) is 4.90 Å². The Morgan fingerprint density at radius 1 is 0.259 bits per heavy atom. The first-order chi connectivity index (χ1) is 28.6. The van der Waals surface area contributed by atoms with Crippen molar-refractivity contribution in [2.75, 3.05) is 0 Å². The maximum absolute atomic E-state index is 13.3. The summed E-state index contributed by atoms with van der Waals surface area (Å²) < 4.78 is 0. The molecule has 0 bridgehead atoms. The molecule has 0 atom stereocenters. The fraction of sp³-hybridized carbons (Fsp3) is 0.833. The molecule has 0 aromatic rings. The van der Waals surface area contributed by atoms with Gasteiger partial charge in [-0.05, 0) is 96.3 Å². The molecule has 0 aliphatic rings. The summed E-state index contributed by atoms with van der Waals surface area (Å²) in [6, 6.07) is 0. The zero-order valence-electron chi connectivity index (χ0n) is 39.3. The Hall–Kier alpha value is -1.97. The average molecular weight is 810 g/mol. The molecule has 0 aromatic heterocycles. The van der Waals surface area contributed by atoms with Crippen LogP contribution in [0.1, 0.15) is 290 Å². The third kappa shape index (κ3) is 40.8. The average Bonchev–Trinajstić information content (AvgIpc) is 3.22. The molecule has 0 aromatic carbocycles. The minimum atomic E-state index is -0.270. The summed E-state index contributed by atoms with van der Waals surface area (Å²) in [5.41, 5.74) is 0. The molecule has 4 nitrogen and oxygen atoms in total. The highest BCUT2D eigenvalue weighted by Crippen LogP contribution is 2.17. The molecule has 0 heterocycles. The number of amides is 3. The molecule has 58 heavy (non-hydrogen) atoms. The van der Waals surface area contributed by atoms with Crippen molar-refractivity contribution in [3.63, 3.8) is 0 Å². The molecule has 0 rings (SSSR count). The number of rotatable bonds is 45. The Morgan fingerprint density at radius 3 is 0.638 bits per heavy atom. The van der Waals surface area contributed by atoms with E-state index in [1.54, 1.807) is 0 Å². The first kappa shape index (κ1) is 56.0. The molecule has 338 valence electrons.